The Bertz CT molecular complexity index is 1080. The van der Waals surface area contributed by atoms with Crippen molar-refractivity contribution in [2.75, 3.05) is 12.0 Å². The molecule has 3 aromatic rings. The number of nitrogens with zero attached hydrogens (tertiary/aromatic N) is 2. The van der Waals surface area contributed by atoms with Crippen LogP contribution in [0.2, 0.25) is 5.02 Å². The van der Waals surface area contributed by atoms with E-state index >= 15 is 0 Å². The Balaban J connectivity index is 1.82. The summed E-state index contributed by atoms with van der Waals surface area (Å²) in [6.07, 6.45) is 7.89. The summed E-state index contributed by atoms with van der Waals surface area (Å²) in [5.74, 6) is 0.144. The van der Waals surface area contributed by atoms with Crippen molar-refractivity contribution >= 4 is 28.9 Å². The fourth-order valence-electron chi connectivity index (χ4n) is 4.03. The van der Waals surface area contributed by atoms with Gasteiger partial charge in [0, 0.05) is 31.1 Å². The van der Waals surface area contributed by atoms with Gasteiger partial charge in [0.15, 0.2) is 11.5 Å². The molecule has 0 spiro atoms. The van der Waals surface area contributed by atoms with E-state index in [1.165, 1.54) is 0 Å². The van der Waals surface area contributed by atoms with Crippen LogP contribution >= 0.6 is 11.6 Å². The van der Waals surface area contributed by atoms with Crippen molar-refractivity contribution < 1.29 is 19.4 Å². The first-order valence-electron chi connectivity index (χ1n) is 10.6. The predicted octanol–water partition coefficient (Wildman–Crippen LogP) is 6.10. The number of halogens is 1. The van der Waals surface area contributed by atoms with Crippen molar-refractivity contribution in [1.82, 2.24) is 4.98 Å². The van der Waals surface area contributed by atoms with Crippen molar-refractivity contribution in [3.63, 3.8) is 0 Å². The van der Waals surface area contributed by atoms with Gasteiger partial charge in [0.25, 0.3) is 0 Å². The molecular weight excluding hydrogens is 428 g/mol. The van der Waals surface area contributed by atoms with Crippen molar-refractivity contribution in [2.24, 2.45) is 0 Å². The van der Waals surface area contributed by atoms with Crippen molar-refractivity contribution in [2.45, 2.75) is 38.3 Å². The van der Waals surface area contributed by atoms with Crippen molar-refractivity contribution in [3.8, 4) is 11.5 Å². The van der Waals surface area contributed by atoms with Gasteiger partial charge in [-0.3, -0.25) is 4.98 Å². The van der Waals surface area contributed by atoms with Crippen molar-refractivity contribution in [1.29, 1.82) is 0 Å². The molecule has 0 unspecified atom stereocenters. The van der Waals surface area contributed by atoms with Crippen LogP contribution in [-0.2, 0) is 6.54 Å². The van der Waals surface area contributed by atoms with Gasteiger partial charge in [0.05, 0.1) is 35.2 Å². The summed E-state index contributed by atoms with van der Waals surface area (Å²) >= 11 is 6.70. The third-order valence-corrected chi connectivity index (χ3v) is 5.91. The molecule has 0 radical (unpaired) electrons. The lowest BCUT2D eigenvalue weighted by atomic mass is 10.1. The Morgan fingerprint density at radius 3 is 2.59 bits per heavy atom. The van der Waals surface area contributed by atoms with Crippen LogP contribution in [0.4, 0.5) is 11.4 Å². The Hall–Kier alpha value is -3.25. The second kappa shape index (κ2) is 9.92. The number of para-hydroxylation sites is 1. The number of carboxylic acid groups (broad SMARTS) is 1. The topological polar surface area (TPSA) is 71.9 Å². The number of aromatic carboxylic acids is 1. The first-order valence-corrected chi connectivity index (χ1v) is 11.0. The van der Waals surface area contributed by atoms with E-state index in [0.717, 1.165) is 31.2 Å². The quantitative estimate of drug-likeness (QED) is 0.445. The molecule has 4 rings (SSSR count). The number of aromatic nitrogens is 1. The SMILES string of the molecule is COc1cc(Cl)c(N(Cc2cccnc2)c2ccccc2C(=O)O)cc1OC1CCCC1. The number of methoxy groups -OCH3 is 1. The molecule has 1 aliphatic rings. The van der Waals surface area contributed by atoms with Crippen LogP contribution in [0.1, 0.15) is 41.6 Å². The predicted molar refractivity (Wildman–Crippen MR) is 124 cm³/mol. The molecule has 1 heterocycles. The van der Waals surface area contributed by atoms with Gasteiger partial charge in [-0.2, -0.15) is 0 Å². The maximum atomic E-state index is 12.0. The Labute approximate surface area is 192 Å². The van der Waals surface area contributed by atoms with E-state index in [4.69, 9.17) is 21.1 Å². The average molecular weight is 453 g/mol. The highest BCUT2D eigenvalue weighted by atomic mass is 35.5. The maximum absolute atomic E-state index is 12.0. The van der Waals surface area contributed by atoms with Gasteiger partial charge >= 0.3 is 5.97 Å². The molecule has 0 atom stereocenters. The van der Waals surface area contributed by atoms with Crippen LogP contribution in [0, 0.1) is 0 Å². The second-order valence-corrected chi connectivity index (χ2v) is 8.16. The summed E-state index contributed by atoms with van der Waals surface area (Å²) in [5, 5.41) is 10.2. The molecule has 1 fully saturated rings. The van der Waals surface area contributed by atoms with Gasteiger partial charge in [0.1, 0.15) is 0 Å². The van der Waals surface area contributed by atoms with Gasteiger partial charge in [-0.15, -0.1) is 0 Å². The molecule has 0 saturated heterocycles. The zero-order valence-corrected chi connectivity index (χ0v) is 18.6. The second-order valence-electron chi connectivity index (χ2n) is 7.75. The third kappa shape index (κ3) is 4.81. The van der Waals surface area contributed by atoms with Crippen LogP contribution in [0.3, 0.4) is 0 Å². The van der Waals surface area contributed by atoms with Gasteiger partial charge in [0.2, 0.25) is 0 Å². The van der Waals surface area contributed by atoms with E-state index < -0.39 is 5.97 Å². The molecule has 32 heavy (non-hydrogen) atoms. The number of hydrogen-bond acceptors (Lipinski definition) is 5. The van der Waals surface area contributed by atoms with Crippen LogP contribution in [-0.4, -0.2) is 29.3 Å². The monoisotopic (exact) mass is 452 g/mol. The lowest BCUT2D eigenvalue weighted by molar-refractivity contribution is 0.0697. The normalized spacial score (nSPS) is 13.7. The Morgan fingerprint density at radius 1 is 1.12 bits per heavy atom. The fraction of sp³-hybridized carbons (Fsp3) is 0.280. The molecule has 0 amide bonds. The van der Waals surface area contributed by atoms with Gasteiger partial charge in [-0.05, 0) is 49.4 Å². The van der Waals surface area contributed by atoms with E-state index in [9.17, 15) is 9.90 Å². The highest BCUT2D eigenvalue weighted by molar-refractivity contribution is 6.33. The van der Waals surface area contributed by atoms with Gasteiger partial charge in [-0.25, -0.2) is 4.79 Å². The number of rotatable bonds is 8. The highest BCUT2D eigenvalue weighted by Gasteiger charge is 2.24. The van der Waals surface area contributed by atoms with Crippen LogP contribution in [0.25, 0.3) is 0 Å². The summed E-state index contributed by atoms with van der Waals surface area (Å²) in [5.41, 5.74) is 2.26. The third-order valence-electron chi connectivity index (χ3n) is 5.61. The van der Waals surface area contributed by atoms with Crippen molar-refractivity contribution in [3.05, 3.63) is 77.1 Å². The number of ether oxygens (including phenoxy) is 2. The van der Waals surface area contributed by atoms with Gasteiger partial charge in [-0.1, -0.05) is 29.8 Å². The summed E-state index contributed by atoms with van der Waals surface area (Å²) in [6, 6.07) is 14.2. The minimum absolute atomic E-state index is 0.135. The number of carboxylic acids is 1. The number of hydrogen-bond donors (Lipinski definition) is 1. The van der Waals surface area contributed by atoms with E-state index in [0.29, 0.717) is 34.4 Å². The molecule has 6 nitrogen and oxygen atoms in total. The average Bonchev–Trinajstić information content (AvgIpc) is 3.32. The fourth-order valence-corrected chi connectivity index (χ4v) is 4.29. The first-order chi connectivity index (χ1) is 15.6. The molecule has 0 aliphatic heterocycles. The zero-order valence-electron chi connectivity index (χ0n) is 17.8. The molecule has 2 aromatic carbocycles. The molecule has 1 saturated carbocycles. The minimum atomic E-state index is -1.01. The summed E-state index contributed by atoms with van der Waals surface area (Å²) in [6.45, 7) is 0.382. The molecule has 0 bridgehead atoms. The van der Waals surface area contributed by atoms with E-state index in [-0.39, 0.29) is 11.7 Å². The lowest BCUT2D eigenvalue weighted by Gasteiger charge is -2.28. The summed E-state index contributed by atoms with van der Waals surface area (Å²) in [4.78, 5) is 18.1. The van der Waals surface area contributed by atoms with Crippen LogP contribution < -0.4 is 14.4 Å². The summed E-state index contributed by atoms with van der Waals surface area (Å²) in [7, 11) is 1.58. The smallest absolute Gasteiger partial charge is 0.337 e. The highest BCUT2D eigenvalue weighted by Crippen LogP contribution is 2.43. The molecular formula is C25H25ClN2O4. The zero-order chi connectivity index (χ0) is 22.5. The number of pyridine rings is 1. The molecule has 166 valence electrons. The van der Waals surface area contributed by atoms with Crippen LogP contribution in [0.15, 0.2) is 60.9 Å². The summed E-state index contributed by atoms with van der Waals surface area (Å²) < 4.78 is 11.8. The molecule has 1 aromatic heterocycles. The molecule has 7 heteroatoms. The largest absolute Gasteiger partial charge is 0.493 e. The van der Waals surface area contributed by atoms with E-state index in [2.05, 4.69) is 4.98 Å². The molecule has 1 aliphatic carbocycles. The van der Waals surface area contributed by atoms with E-state index in [1.54, 1.807) is 43.8 Å². The number of anilines is 2. The first kappa shape index (κ1) is 22.0. The number of carbonyl (C=O) groups is 1. The van der Waals surface area contributed by atoms with E-state index in [1.807, 2.05) is 29.2 Å². The molecule has 1 N–H and O–H groups in total. The number of benzene rings is 2. The Morgan fingerprint density at radius 2 is 1.91 bits per heavy atom. The minimum Gasteiger partial charge on any atom is -0.493 e. The standard InChI is InChI=1S/C25H25ClN2O4/c1-31-23-13-20(26)22(14-24(23)32-18-8-2-3-9-18)28(16-17-7-6-12-27-15-17)21-11-5-4-10-19(21)25(29)30/h4-7,10-15,18H,2-3,8-9,16H2,1H3,(H,29,30). The maximum Gasteiger partial charge on any atom is 0.337 e. The van der Waals surface area contributed by atoms with Crippen LogP contribution in [0.5, 0.6) is 11.5 Å². The Kier molecular flexibility index (Phi) is 6.81. The van der Waals surface area contributed by atoms with Gasteiger partial charge < -0.3 is 19.5 Å². The lowest BCUT2D eigenvalue weighted by Crippen LogP contribution is -2.20.